The van der Waals surface area contributed by atoms with Crippen LogP contribution in [-0.2, 0) is 11.3 Å². The van der Waals surface area contributed by atoms with E-state index in [0.29, 0.717) is 19.3 Å². The summed E-state index contributed by atoms with van der Waals surface area (Å²) in [6, 6.07) is 4.74. The number of hydrogen-bond acceptors (Lipinski definition) is 3. The highest BCUT2D eigenvalue weighted by Crippen LogP contribution is 2.27. The predicted octanol–water partition coefficient (Wildman–Crippen LogP) is 2.88. The lowest BCUT2D eigenvalue weighted by Gasteiger charge is -2.17. The Kier molecular flexibility index (Phi) is 5.61. The Labute approximate surface area is 114 Å². The molecule has 19 heavy (non-hydrogen) atoms. The molecule has 0 aromatic heterocycles. The molecule has 2 rings (SSSR count). The molecule has 0 aliphatic heterocycles. The van der Waals surface area contributed by atoms with Gasteiger partial charge in [-0.2, -0.15) is 0 Å². The summed E-state index contributed by atoms with van der Waals surface area (Å²) in [4.78, 5) is 0. The molecule has 0 radical (unpaired) electrons. The molecule has 0 spiro atoms. The zero-order chi connectivity index (χ0) is 13.5. The Bertz CT molecular complexity index is 392. The van der Waals surface area contributed by atoms with Gasteiger partial charge in [-0.15, -0.1) is 0 Å². The average Bonchev–Trinajstić information content (AvgIpc) is 2.90. The van der Waals surface area contributed by atoms with Gasteiger partial charge in [0.05, 0.1) is 12.7 Å². The SMILES string of the molecule is COCCNCc1cc(F)ccc1OC1CCCC1. The molecule has 1 saturated carbocycles. The summed E-state index contributed by atoms with van der Waals surface area (Å²) in [5.41, 5.74) is 0.878. The summed E-state index contributed by atoms with van der Waals surface area (Å²) < 4.78 is 24.3. The van der Waals surface area contributed by atoms with Crippen LogP contribution in [0.15, 0.2) is 18.2 Å². The third-order valence-corrected chi connectivity index (χ3v) is 3.42. The maximum absolute atomic E-state index is 13.3. The van der Waals surface area contributed by atoms with Crippen molar-refractivity contribution in [2.45, 2.75) is 38.3 Å². The van der Waals surface area contributed by atoms with Crippen LogP contribution < -0.4 is 10.1 Å². The first-order valence-electron chi connectivity index (χ1n) is 6.94. The Morgan fingerprint density at radius 3 is 2.84 bits per heavy atom. The number of halogens is 1. The largest absolute Gasteiger partial charge is 0.490 e. The third-order valence-electron chi connectivity index (χ3n) is 3.42. The van der Waals surface area contributed by atoms with Crippen molar-refractivity contribution in [3.05, 3.63) is 29.6 Å². The lowest BCUT2D eigenvalue weighted by atomic mass is 10.2. The Balaban J connectivity index is 1.95. The summed E-state index contributed by atoms with van der Waals surface area (Å²) in [7, 11) is 1.67. The van der Waals surface area contributed by atoms with Gasteiger partial charge in [0.1, 0.15) is 11.6 Å². The molecule has 1 aromatic rings. The Hall–Kier alpha value is -1.13. The molecule has 0 heterocycles. The Morgan fingerprint density at radius 1 is 1.32 bits per heavy atom. The van der Waals surface area contributed by atoms with Gasteiger partial charge < -0.3 is 14.8 Å². The molecular weight excluding hydrogens is 245 g/mol. The van der Waals surface area contributed by atoms with Crippen LogP contribution in [0.25, 0.3) is 0 Å². The molecule has 3 nitrogen and oxygen atoms in total. The van der Waals surface area contributed by atoms with E-state index in [-0.39, 0.29) is 5.82 Å². The lowest BCUT2D eigenvalue weighted by Crippen LogP contribution is -2.20. The van der Waals surface area contributed by atoms with E-state index in [4.69, 9.17) is 9.47 Å². The molecule has 1 fully saturated rings. The van der Waals surface area contributed by atoms with Gasteiger partial charge in [0.25, 0.3) is 0 Å². The van der Waals surface area contributed by atoms with Gasteiger partial charge in [-0.05, 0) is 43.9 Å². The maximum atomic E-state index is 13.3. The molecule has 1 N–H and O–H groups in total. The lowest BCUT2D eigenvalue weighted by molar-refractivity contribution is 0.197. The summed E-state index contributed by atoms with van der Waals surface area (Å²) in [5.74, 6) is 0.584. The first-order chi connectivity index (χ1) is 9.29. The second kappa shape index (κ2) is 7.46. The minimum Gasteiger partial charge on any atom is -0.490 e. The molecule has 0 amide bonds. The van der Waals surface area contributed by atoms with Crippen molar-refractivity contribution in [2.24, 2.45) is 0 Å². The van der Waals surface area contributed by atoms with E-state index in [1.165, 1.54) is 18.9 Å². The number of hydrogen-bond donors (Lipinski definition) is 1. The van der Waals surface area contributed by atoms with Gasteiger partial charge >= 0.3 is 0 Å². The zero-order valence-electron chi connectivity index (χ0n) is 11.5. The van der Waals surface area contributed by atoms with Crippen LogP contribution in [0.1, 0.15) is 31.2 Å². The van der Waals surface area contributed by atoms with Crippen molar-refractivity contribution in [1.82, 2.24) is 5.32 Å². The van der Waals surface area contributed by atoms with Gasteiger partial charge in [-0.1, -0.05) is 0 Å². The van der Waals surface area contributed by atoms with E-state index < -0.39 is 0 Å². The maximum Gasteiger partial charge on any atom is 0.124 e. The van der Waals surface area contributed by atoms with Crippen LogP contribution in [0, 0.1) is 5.82 Å². The van der Waals surface area contributed by atoms with E-state index in [9.17, 15) is 4.39 Å². The summed E-state index contributed by atoms with van der Waals surface area (Å²) >= 11 is 0. The van der Waals surface area contributed by atoms with Crippen molar-refractivity contribution < 1.29 is 13.9 Å². The smallest absolute Gasteiger partial charge is 0.124 e. The summed E-state index contributed by atoms with van der Waals surface area (Å²) in [5, 5.41) is 3.22. The topological polar surface area (TPSA) is 30.5 Å². The summed E-state index contributed by atoms with van der Waals surface area (Å²) in [6.45, 7) is 1.99. The minimum absolute atomic E-state index is 0.220. The average molecular weight is 267 g/mol. The van der Waals surface area contributed by atoms with Crippen molar-refractivity contribution >= 4 is 0 Å². The van der Waals surface area contributed by atoms with Crippen LogP contribution in [0.4, 0.5) is 4.39 Å². The van der Waals surface area contributed by atoms with Crippen LogP contribution in [0.2, 0.25) is 0 Å². The fourth-order valence-electron chi connectivity index (χ4n) is 2.38. The van der Waals surface area contributed by atoms with Gasteiger partial charge in [-0.25, -0.2) is 4.39 Å². The quantitative estimate of drug-likeness (QED) is 0.771. The molecule has 0 unspecified atom stereocenters. The Morgan fingerprint density at radius 2 is 2.11 bits per heavy atom. The van der Waals surface area contributed by atoms with Crippen LogP contribution in [-0.4, -0.2) is 26.4 Å². The second-order valence-electron chi connectivity index (χ2n) is 4.95. The fourth-order valence-corrected chi connectivity index (χ4v) is 2.38. The second-order valence-corrected chi connectivity index (χ2v) is 4.95. The normalized spacial score (nSPS) is 15.9. The van der Waals surface area contributed by atoms with Crippen molar-refractivity contribution in [2.75, 3.05) is 20.3 Å². The zero-order valence-corrected chi connectivity index (χ0v) is 11.5. The standard InChI is InChI=1S/C15H22FNO2/c1-18-9-8-17-11-12-10-13(16)6-7-15(12)19-14-4-2-3-5-14/h6-7,10,14,17H,2-5,8-9,11H2,1H3. The monoisotopic (exact) mass is 267 g/mol. The van der Waals surface area contributed by atoms with Crippen LogP contribution in [0.5, 0.6) is 5.75 Å². The third kappa shape index (κ3) is 4.48. The molecule has 4 heteroatoms. The molecule has 0 bridgehead atoms. The number of ether oxygens (including phenoxy) is 2. The molecule has 0 saturated heterocycles. The number of methoxy groups -OCH3 is 1. The van der Waals surface area contributed by atoms with E-state index >= 15 is 0 Å². The molecule has 1 aliphatic rings. The number of nitrogens with one attached hydrogen (secondary N) is 1. The first kappa shape index (κ1) is 14.3. The fraction of sp³-hybridized carbons (Fsp3) is 0.600. The van der Waals surface area contributed by atoms with Gasteiger partial charge in [0.15, 0.2) is 0 Å². The van der Waals surface area contributed by atoms with Gasteiger partial charge in [0.2, 0.25) is 0 Å². The van der Waals surface area contributed by atoms with Crippen molar-refractivity contribution in [3.8, 4) is 5.75 Å². The highest BCUT2D eigenvalue weighted by Gasteiger charge is 2.18. The predicted molar refractivity (Wildman–Crippen MR) is 72.9 cm³/mol. The summed E-state index contributed by atoms with van der Waals surface area (Å²) in [6.07, 6.45) is 4.96. The van der Waals surface area contributed by atoms with Gasteiger partial charge in [-0.3, -0.25) is 0 Å². The molecule has 1 aromatic carbocycles. The van der Waals surface area contributed by atoms with Gasteiger partial charge in [0, 0.05) is 25.8 Å². The van der Waals surface area contributed by atoms with Crippen molar-refractivity contribution in [3.63, 3.8) is 0 Å². The molecule has 106 valence electrons. The minimum atomic E-state index is -0.220. The highest BCUT2D eigenvalue weighted by atomic mass is 19.1. The number of rotatable bonds is 7. The van der Waals surface area contributed by atoms with Crippen LogP contribution >= 0.6 is 0 Å². The van der Waals surface area contributed by atoms with E-state index in [0.717, 1.165) is 30.7 Å². The van der Waals surface area contributed by atoms with E-state index in [1.807, 2.05) is 0 Å². The number of benzene rings is 1. The van der Waals surface area contributed by atoms with Crippen molar-refractivity contribution in [1.29, 1.82) is 0 Å². The van der Waals surface area contributed by atoms with E-state index in [1.54, 1.807) is 19.2 Å². The molecule has 0 atom stereocenters. The molecular formula is C15H22FNO2. The first-order valence-corrected chi connectivity index (χ1v) is 6.94. The molecule has 1 aliphatic carbocycles. The van der Waals surface area contributed by atoms with Crippen LogP contribution in [0.3, 0.4) is 0 Å². The van der Waals surface area contributed by atoms with E-state index in [2.05, 4.69) is 5.32 Å². The highest BCUT2D eigenvalue weighted by molar-refractivity contribution is 5.34.